The zero-order chi connectivity index (χ0) is 9.69. The van der Waals surface area contributed by atoms with Gasteiger partial charge in [0, 0.05) is 17.9 Å². The second kappa shape index (κ2) is 2.47. The third-order valence-electron chi connectivity index (χ3n) is 3.23. The summed E-state index contributed by atoms with van der Waals surface area (Å²) in [5.41, 5.74) is -0.296. The Kier molecular flexibility index (Phi) is 1.71. The monoisotopic (exact) mass is 203 g/mol. The molecule has 2 aliphatic heterocycles. The van der Waals surface area contributed by atoms with Crippen molar-refractivity contribution in [3.63, 3.8) is 0 Å². The van der Waals surface area contributed by atoms with Crippen LogP contribution in [0.5, 0.6) is 0 Å². The number of sulfone groups is 1. The van der Waals surface area contributed by atoms with Gasteiger partial charge in [-0.25, -0.2) is 8.42 Å². The van der Waals surface area contributed by atoms with E-state index in [2.05, 4.69) is 5.32 Å². The van der Waals surface area contributed by atoms with E-state index in [4.69, 9.17) is 0 Å². The van der Waals surface area contributed by atoms with Gasteiger partial charge in [0.05, 0.1) is 11.5 Å². The molecule has 0 bridgehead atoms. The van der Waals surface area contributed by atoms with Crippen molar-refractivity contribution in [3.05, 3.63) is 0 Å². The molecule has 2 aliphatic rings. The highest BCUT2D eigenvalue weighted by Gasteiger charge is 2.51. The number of carbonyl (C=O) groups excluding carboxylic acids is 1. The maximum Gasteiger partial charge on any atom is 0.220 e. The van der Waals surface area contributed by atoms with Crippen LogP contribution in [0.2, 0.25) is 0 Å². The number of rotatable bonds is 0. The van der Waals surface area contributed by atoms with Crippen LogP contribution in [0.3, 0.4) is 0 Å². The molecule has 4 nitrogen and oxygen atoms in total. The minimum absolute atomic E-state index is 0.00963. The second-order valence-corrected chi connectivity index (χ2v) is 6.35. The van der Waals surface area contributed by atoms with Gasteiger partial charge in [0.25, 0.3) is 0 Å². The van der Waals surface area contributed by atoms with Gasteiger partial charge in [-0.3, -0.25) is 4.79 Å². The van der Waals surface area contributed by atoms with Gasteiger partial charge in [-0.05, 0) is 13.3 Å². The van der Waals surface area contributed by atoms with Crippen molar-refractivity contribution in [3.8, 4) is 0 Å². The minimum atomic E-state index is -2.89. The number of carbonyl (C=O) groups is 1. The van der Waals surface area contributed by atoms with E-state index in [0.717, 1.165) is 0 Å². The molecule has 2 saturated heterocycles. The summed E-state index contributed by atoms with van der Waals surface area (Å²) in [7, 11) is -2.89. The Morgan fingerprint density at radius 1 is 1.54 bits per heavy atom. The lowest BCUT2D eigenvalue weighted by Gasteiger charge is -2.24. The Balaban J connectivity index is 2.29. The second-order valence-electron chi connectivity index (χ2n) is 4.17. The molecule has 2 atom stereocenters. The Hall–Kier alpha value is -0.580. The highest BCUT2D eigenvalue weighted by atomic mass is 32.2. The molecule has 74 valence electrons. The largest absolute Gasteiger partial charge is 0.353 e. The van der Waals surface area contributed by atoms with E-state index in [1.54, 1.807) is 0 Å². The molecule has 2 rings (SSSR count). The zero-order valence-corrected chi connectivity index (χ0v) is 8.36. The van der Waals surface area contributed by atoms with Crippen LogP contribution in [-0.4, -0.2) is 31.9 Å². The lowest BCUT2D eigenvalue weighted by atomic mass is 9.81. The summed E-state index contributed by atoms with van der Waals surface area (Å²) in [4.78, 5) is 11.1. The van der Waals surface area contributed by atoms with Crippen LogP contribution in [0.15, 0.2) is 0 Å². The van der Waals surface area contributed by atoms with Crippen LogP contribution in [0.4, 0.5) is 0 Å². The van der Waals surface area contributed by atoms with Crippen molar-refractivity contribution in [2.24, 2.45) is 5.41 Å². The molecule has 0 aromatic heterocycles. The third-order valence-corrected chi connectivity index (χ3v) is 5.07. The molecular formula is C8H13NO3S. The summed E-state index contributed by atoms with van der Waals surface area (Å²) >= 11 is 0. The fourth-order valence-corrected chi connectivity index (χ4v) is 4.57. The summed E-state index contributed by atoms with van der Waals surface area (Å²) in [5, 5.41) is 2.78. The molecular weight excluding hydrogens is 190 g/mol. The number of hydrogen-bond donors (Lipinski definition) is 1. The van der Waals surface area contributed by atoms with Gasteiger partial charge >= 0.3 is 0 Å². The lowest BCUT2D eigenvalue weighted by Crippen LogP contribution is -2.35. The molecule has 0 aromatic carbocycles. The molecule has 1 amide bonds. The van der Waals surface area contributed by atoms with E-state index in [1.165, 1.54) is 0 Å². The molecule has 0 radical (unpaired) electrons. The average Bonchev–Trinajstić information content (AvgIpc) is 2.38. The average molecular weight is 203 g/mol. The van der Waals surface area contributed by atoms with Crippen molar-refractivity contribution in [1.82, 2.24) is 5.32 Å². The molecule has 1 spiro atoms. The standard InChI is InChI=1S/C8H13NO3S/c1-6-8(4-7(10)9-6)2-3-13(11,12)5-8/h6H,2-5H2,1H3,(H,9,10). The smallest absolute Gasteiger partial charge is 0.220 e. The minimum Gasteiger partial charge on any atom is -0.353 e. The first-order valence-electron chi connectivity index (χ1n) is 4.43. The number of nitrogens with one attached hydrogen (secondary N) is 1. The van der Waals surface area contributed by atoms with Crippen molar-refractivity contribution < 1.29 is 13.2 Å². The van der Waals surface area contributed by atoms with E-state index in [-0.39, 0.29) is 28.9 Å². The van der Waals surface area contributed by atoms with Gasteiger partial charge in [-0.2, -0.15) is 0 Å². The SMILES string of the molecule is CC1NC(=O)CC12CCS(=O)(=O)C2. The molecule has 1 N–H and O–H groups in total. The summed E-state index contributed by atoms with van der Waals surface area (Å²) in [6.07, 6.45) is 1.02. The van der Waals surface area contributed by atoms with Crippen molar-refractivity contribution in [2.75, 3.05) is 11.5 Å². The van der Waals surface area contributed by atoms with E-state index in [1.807, 2.05) is 6.92 Å². The van der Waals surface area contributed by atoms with Crippen molar-refractivity contribution in [2.45, 2.75) is 25.8 Å². The molecule has 0 aliphatic carbocycles. The molecule has 5 heteroatoms. The topological polar surface area (TPSA) is 63.2 Å². The Labute approximate surface area is 77.6 Å². The molecule has 2 unspecified atom stereocenters. The summed E-state index contributed by atoms with van der Waals surface area (Å²) in [5.74, 6) is 0.413. The predicted molar refractivity (Wildman–Crippen MR) is 47.9 cm³/mol. The van der Waals surface area contributed by atoms with Crippen LogP contribution in [0.1, 0.15) is 19.8 Å². The quantitative estimate of drug-likeness (QED) is 0.588. The van der Waals surface area contributed by atoms with Crippen LogP contribution in [-0.2, 0) is 14.6 Å². The first kappa shape index (κ1) is 8.99. The molecule has 13 heavy (non-hydrogen) atoms. The number of hydrogen-bond acceptors (Lipinski definition) is 3. The normalized spacial score (nSPS) is 42.5. The Bertz CT molecular complexity index is 348. The van der Waals surface area contributed by atoms with E-state index in [0.29, 0.717) is 12.8 Å². The van der Waals surface area contributed by atoms with Crippen molar-refractivity contribution >= 4 is 15.7 Å². The third kappa shape index (κ3) is 1.35. The van der Waals surface area contributed by atoms with Gasteiger partial charge in [-0.1, -0.05) is 0 Å². The van der Waals surface area contributed by atoms with Gasteiger partial charge in [0.1, 0.15) is 0 Å². The van der Waals surface area contributed by atoms with E-state index in [9.17, 15) is 13.2 Å². The summed E-state index contributed by atoms with van der Waals surface area (Å²) < 4.78 is 22.6. The lowest BCUT2D eigenvalue weighted by molar-refractivity contribution is -0.119. The van der Waals surface area contributed by atoms with E-state index < -0.39 is 9.84 Å². The van der Waals surface area contributed by atoms with Crippen LogP contribution in [0, 0.1) is 5.41 Å². The molecule has 0 saturated carbocycles. The molecule has 0 aromatic rings. The predicted octanol–water partition coefficient (Wildman–Crippen LogP) is -0.300. The highest BCUT2D eigenvalue weighted by molar-refractivity contribution is 7.91. The van der Waals surface area contributed by atoms with Gasteiger partial charge < -0.3 is 5.32 Å². The maximum absolute atomic E-state index is 11.3. The Morgan fingerprint density at radius 3 is 2.62 bits per heavy atom. The molecule has 2 fully saturated rings. The van der Waals surface area contributed by atoms with Gasteiger partial charge in [0.15, 0.2) is 9.84 Å². The van der Waals surface area contributed by atoms with Gasteiger partial charge in [-0.15, -0.1) is 0 Å². The van der Waals surface area contributed by atoms with E-state index >= 15 is 0 Å². The fraction of sp³-hybridized carbons (Fsp3) is 0.875. The van der Waals surface area contributed by atoms with Crippen molar-refractivity contribution in [1.29, 1.82) is 0 Å². The van der Waals surface area contributed by atoms with Crippen LogP contribution < -0.4 is 5.32 Å². The van der Waals surface area contributed by atoms with Gasteiger partial charge in [0.2, 0.25) is 5.91 Å². The number of amides is 1. The van der Waals surface area contributed by atoms with Crippen LogP contribution in [0.25, 0.3) is 0 Å². The van der Waals surface area contributed by atoms with Crippen LogP contribution >= 0.6 is 0 Å². The summed E-state index contributed by atoms with van der Waals surface area (Å²) in [6.45, 7) is 1.89. The zero-order valence-electron chi connectivity index (χ0n) is 7.54. The maximum atomic E-state index is 11.3. The first-order valence-corrected chi connectivity index (χ1v) is 6.26. The molecule has 2 heterocycles. The first-order chi connectivity index (χ1) is 5.94. The Morgan fingerprint density at radius 2 is 2.23 bits per heavy atom. The highest BCUT2D eigenvalue weighted by Crippen LogP contribution is 2.41. The fourth-order valence-electron chi connectivity index (χ4n) is 2.34. The summed E-state index contributed by atoms with van der Waals surface area (Å²) in [6, 6.07) is 0.0114.